The molecule has 0 saturated heterocycles. The molecule has 10 heteroatoms. The van der Waals surface area contributed by atoms with E-state index in [0.717, 1.165) is 0 Å². The van der Waals surface area contributed by atoms with Gasteiger partial charge in [-0.15, -0.1) is 0 Å². The second-order valence-corrected chi connectivity index (χ2v) is 3.60. The molecule has 0 rings (SSSR count). The zero-order valence-electron chi connectivity index (χ0n) is 16.6. The smallest absolute Gasteiger partial charge is 0.368 e. The minimum Gasteiger partial charge on any atom is -0.368 e. The second-order valence-electron chi connectivity index (χ2n) is 1.20. The van der Waals surface area contributed by atoms with Gasteiger partial charge in [0.15, 0.2) is 0 Å². The van der Waals surface area contributed by atoms with E-state index in [2.05, 4.69) is 0 Å². The van der Waals surface area contributed by atoms with Gasteiger partial charge in [-0.25, -0.2) is 0 Å². The molecule has 0 atom stereocenters. The summed E-state index contributed by atoms with van der Waals surface area (Å²) in [5.74, 6) is 0. The normalized spacial score (nSPS) is 7.09. The van der Waals surface area contributed by atoms with Crippen molar-refractivity contribution in [2.45, 2.75) is 83.1 Å². The Morgan fingerprint density at radius 2 is 0.273 bits per heavy atom. The molecule has 22 heavy (non-hydrogen) atoms. The van der Waals surface area contributed by atoms with Crippen molar-refractivity contribution in [1.29, 1.82) is 0 Å². The predicted molar refractivity (Wildman–Crippen MR) is 97.3 cm³/mol. The first-order chi connectivity index (χ1) is 10.0. The van der Waals surface area contributed by atoms with Crippen LogP contribution in [0, 0.1) is 0 Å². The average Bonchev–Trinajstić information content (AvgIpc) is 2.48. The van der Waals surface area contributed by atoms with Gasteiger partial charge in [0.1, 0.15) is 0 Å². The molecular formula is C12H44O8Si2. The van der Waals surface area contributed by atoms with Crippen molar-refractivity contribution in [3.63, 3.8) is 0 Å². The van der Waals surface area contributed by atoms with Crippen LogP contribution in [0.5, 0.6) is 0 Å². The van der Waals surface area contributed by atoms with Crippen LogP contribution < -0.4 is 0 Å². The molecule has 8 N–H and O–H groups in total. The van der Waals surface area contributed by atoms with E-state index < -0.39 is 18.1 Å². The molecule has 0 heterocycles. The monoisotopic (exact) mass is 372 g/mol. The van der Waals surface area contributed by atoms with Gasteiger partial charge in [-0.1, -0.05) is 83.1 Å². The SMILES string of the molecule is CC.CC.CC.CC.CC.CC.O[Si](O)(O)O.O[Si](O)(O)O. The van der Waals surface area contributed by atoms with Crippen LogP contribution in [0.2, 0.25) is 0 Å². The molecule has 0 aromatic rings. The largest absolute Gasteiger partial charge is 0.668 e. The molecule has 0 aliphatic heterocycles. The summed E-state index contributed by atoms with van der Waals surface area (Å²) in [4.78, 5) is 58.6. The highest BCUT2D eigenvalue weighted by molar-refractivity contribution is 6.47. The van der Waals surface area contributed by atoms with Crippen molar-refractivity contribution in [3.8, 4) is 0 Å². The Bertz CT molecular complexity index is 72.1. The van der Waals surface area contributed by atoms with Crippen LogP contribution in [0.3, 0.4) is 0 Å². The van der Waals surface area contributed by atoms with Crippen LogP contribution in [-0.2, 0) is 0 Å². The number of rotatable bonds is 0. The van der Waals surface area contributed by atoms with E-state index in [4.69, 9.17) is 38.4 Å². The minimum absolute atomic E-state index is 2.00. The molecule has 0 fully saturated rings. The van der Waals surface area contributed by atoms with E-state index in [1.54, 1.807) is 0 Å². The first-order valence-corrected chi connectivity index (χ1v) is 11.4. The molecule has 148 valence electrons. The first kappa shape index (κ1) is 49.5. The highest BCUT2D eigenvalue weighted by Gasteiger charge is 2.22. The molecule has 0 saturated carbocycles. The summed E-state index contributed by atoms with van der Waals surface area (Å²) in [6, 6.07) is 0. The third-order valence-electron chi connectivity index (χ3n) is 0. The molecule has 0 amide bonds. The summed E-state index contributed by atoms with van der Waals surface area (Å²) in [6.07, 6.45) is 0. The molecule has 0 unspecified atom stereocenters. The summed E-state index contributed by atoms with van der Waals surface area (Å²) in [5.41, 5.74) is 0. The van der Waals surface area contributed by atoms with E-state index >= 15 is 0 Å². The first-order valence-electron chi connectivity index (χ1n) is 7.79. The Labute approximate surface area is 140 Å². The summed E-state index contributed by atoms with van der Waals surface area (Å²) in [5, 5.41) is 0. The minimum atomic E-state index is -4.61. The van der Waals surface area contributed by atoms with Crippen molar-refractivity contribution in [2.75, 3.05) is 0 Å². The Morgan fingerprint density at radius 3 is 0.273 bits per heavy atom. The summed E-state index contributed by atoms with van der Waals surface area (Å²) >= 11 is 0. The topological polar surface area (TPSA) is 162 Å². The summed E-state index contributed by atoms with van der Waals surface area (Å²) < 4.78 is 0. The van der Waals surface area contributed by atoms with Gasteiger partial charge in [0.25, 0.3) is 0 Å². The Hall–Kier alpha value is 0.114. The predicted octanol–water partition coefficient (Wildman–Crippen LogP) is 0.940. The van der Waals surface area contributed by atoms with E-state index in [1.165, 1.54) is 0 Å². The lowest BCUT2D eigenvalue weighted by Crippen LogP contribution is -2.33. The second kappa shape index (κ2) is 58.2. The number of hydrogen-bond donors (Lipinski definition) is 8. The van der Waals surface area contributed by atoms with Crippen LogP contribution in [0.25, 0.3) is 0 Å². The van der Waals surface area contributed by atoms with Gasteiger partial charge in [0.2, 0.25) is 0 Å². The molecule has 0 spiro atoms. The zero-order valence-corrected chi connectivity index (χ0v) is 18.6. The molecule has 0 aliphatic rings. The van der Waals surface area contributed by atoms with E-state index in [0.29, 0.717) is 0 Å². The summed E-state index contributed by atoms with van der Waals surface area (Å²) in [7, 11) is -9.22. The highest BCUT2D eigenvalue weighted by Crippen LogP contribution is 1.67. The van der Waals surface area contributed by atoms with Crippen molar-refractivity contribution < 1.29 is 38.4 Å². The van der Waals surface area contributed by atoms with Crippen molar-refractivity contribution in [3.05, 3.63) is 0 Å². The van der Waals surface area contributed by atoms with Crippen LogP contribution in [0.15, 0.2) is 0 Å². The van der Waals surface area contributed by atoms with Crippen LogP contribution in [0.1, 0.15) is 83.1 Å². The van der Waals surface area contributed by atoms with Crippen molar-refractivity contribution >= 4 is 18.1 Å². The van der Waals surface area contributed by atoms with Crippen molar-refractivity contribution in [2.24, 2.45) is 0 Å². The molecule has 0 bridgehead atoms. The maximum atomic E-state index is 7.33. The zero-order chi connectivity index (χ0) is 21.0. The molecule has 0 aromatic carbocycles. The lowest BCUT2D eigenvalue weighted by molar-refractivity contribution is 0.115. The van der Waals surface area contributed by atoms with Gasteiger partial charge < -0.3 is 38.4 Å². The van der Waals surface area contributed by atoms with Gasteiger partial charge in [0, 0.05) is 0 Å². The quantitative estimate of drug-likeness (QED) is 0.291. The van der Waals surface area contributed by atoms with E-state index in [1.807, 2.05) is 83.1 Å². The number of hydrogen-bond acceptors (Lipinski definition) is 8. The Morgan fingerprint density at radius 1 is 0.273 bits per heavy atom. The molecule has 0 aromatic heterocycles. The fourth-order valence-corrected chi connectivity index (χ4v) is 0. The van der Waals surface area contributed by atoms with Gasteiger partial charge >= 0.3 is 18.1 Å². The molecule has 8 nitrogen and oxygen atoms in total. The summed E-state index contributed by atoms with van der Waals surface area (Å²) in [6.45, 7) is 24.0. The van der Waals surface area contributed by atoms with Gasteiger partial charge in [-0.2, -0.15) is 0 Å². The lowest BCUT2D eigenvalue weighted by Gasteiger charge is -1.91. The van der Waals surface area contributed by atoms with Crippen LogP contribution >= 0.6 is 0 Å². The van der Waals surface area contributed by atoms with Crippen LogP contribution in [0.4, 0.5) is 0 Å². The Balaban J connectivity index is -0.0000000180. The third kappa shape index (κ3) is 568000. The molecule has 0 radical (unpaired) electrons. The maximum Gasteiger partial charge on any atom is 0.668 e. The molecule has 0 aliphatic carbocycles. The van der Waals surface area contributed by atoms with Gasteiger partial charge in [0.05, 0.1) is 0 Å². The Kier molecular flexibility index (Phi) is 131. The standard InChI is InChI=1S/6C2H6.2H4O4Si/c6*1-2;2*1-5(2,3)4/h6*1-2H3;2*1-4H. The van der Waals surface area contributed by atoms with Gasteiger partial charge in [-0.3, -0.25) is 0 Å². The highest BCUT2D eigenvalue weighted by atomic mass is 28.4. The van der Waals surface area contributed by atoms with E-state index in [-0.39, 0.29) is 0 Å². The van der Waals surface area contributed by atoms with Crippen molar-refractivity contribution in [1.82, 2.24) is 0 Å². The van der Waals surface area contributed by atoms with E-state index in [9.17, 15) is 0 Å². The third-order valence-corrected chi connectivity index (χ3v) is 0. The fraction of sp³-hybridized carbons (Fsp3) is 1.00. The lowest BCUT2D eigenvalue weighted by atomic mass is 11.0. The van der Waals surface area contributed by atoms with Crippen LogP contribution in [-0.4, -0.2) is 56.5 Å². The fourth-order valence-electron chi connectivity index (χ4n) is 0. The average molecular weight is 373 g/mol. The molecular weight excluding hydrogens is 328 g/mol. The maximum absolute atomic E-state index is 7.33. The van der Waals surface area contributed by atoms with Gasteiger partial charge in [-0.05, 0) is 0 Å².